The number of rotatable bonds is 5. The van der Waals surface area contributed by atoms with E-state index in [9.17, 15) is 13.2 Å². The minimum absolute atomic E-state index is 0.0494. The van der Waals surface area contributed by atoms with Gasteiger partial charge in [-0.05, 0) is 67.6 Å². The Labute approximate surface area is 161 Å². The molecule has 0 unspecified atom stereocenters. The van der Waals surface area contributed by atoms with E-state index in [1.54, 1.807) is 12.1 Å². The minimum atomic E-state index is -3.43. The summed E-state index contributed by atoms with van der Waals surface area (Å²) in [4.78, 5) is 14.3. The zero-order valence-corrected chi connectivity index (χ0v) is 16.9. The van der Waals surface area contributed by atoms with E-state index in [4.69, 9.17) is 0 Å². The van der Waals surface area contributed by atoms with Crippen LogP contribution in [-0.4, -0.2) is 38.6 Å². The van der Waals surface area contributed by atoms with Crippen molar-refractivity contribution in [1.29, 1.82) is 0 Å². The summed E-state index contributed by atoms with van der Waals surface area (Å²) in [6, 6.07) is 13.0. The molecule has 0 bridgehead atoms. The predicted molar refractivity (Wildman–Crippen MR) is 109 cm³/mol. The molecule has 0 N–H and O–H groups in total. The second kappa shape index (κ2) is 7.72. The van der Waals surface area contributed by atoms with Gasteiger partial charge in [0.05, 0.1) is 18.5 Å². The van der Waals surface area contributed by atoms with Gasteiger partial charge in [-0.1, -0.05) is 18.2 Å². The number of amides is 1. The second-order valence-electron chi connectivity index (χ2n) is 7.31. The fourth-order valence-corrected chi connectivity index (χ4v) is 4.39. The number of carbonyl (C=O) groups excluding carboxylic acids is 1. The van der Waals surface area contributed by atoms with Gasteiger partial charge >= 0.3 is 0 Å². The van der Waals surface area contributed by atoms with Crippen molar-refractivity contribution in [1.82, 2.24) is 4.90 Å². The molecule has 1 aliphatic heterocycles. The molecule has 1 aliphatic rings. The highest BCUT2D eigenvalue weighted by atomic mass is 32.2. The lowest BCUT2D eigenvalue weighted by Gasteiger charge is -2.23. The average Bonchev–Trinajstić information content (AvgIpc) is 3.12. The molecule has 0 radical (unpaired) electrons. The molecule has 1 fully saturated rings. The number of hydrogen-bond acceptors (Lipinski definition) is 3. The summed E-state index contributed by atoms with van der Waals surface area (Å²) < 4.78 is 26.2. The van der Waals surface area contributed by atoms with E-state index in [-0.39, 0.29) is 12.5 Å². The highest BCUT2D eigenvalue weighted by Crippen LogP contribution is 2.24. The Balaban J connectivity index is 1.83. The van der Waals surface area contributed by atoms with Gasteiger partial charge < -0.3 is 4.90 Å². The molecule has 2 aromatic rings. The molecule has 2 aromatic carbocycles. The molecule has 144 valence electrons. The highest BCUT2D eigenvalue weighted by Gasteiger charge is 2.21. The van der Waals surface area contributed by atoms with Crippen molar-refractivity contribution in [2.24, 2.45) is 0 Å². The molecule has 5 nitrogen and oxygen atoms in total. The lowest BCUT2D eigenvalue weighted by Crippen LogP contribution is -2.29. The molecular formula is C21H26N2O3S. The van der Waals surface area contributed by atoms with Crippen molar-refractivity contribution in [3.05, 3.63) is 64.7 Å². The van der Waals surface area contributed by atoms with E-state index in [1.807, 2.05) is 49.1 Å². The third-order valence-electron chi connectivity index (χ3n) is 4.82. The van der Waals surface area contributed by atoms with Gasteiger partial charge in [-0.2, -0.15) is 0 Å². The van der Waals surface area contributed by atoms with Crippen molar-refractivity contribution in [2.75, 3.05) is 23.7 Å². The number of benzene rings is 2. The molecule has 0 spiro atoms. The summed E-state index contributed by atoms with van der Waals surface area (Å²) in [5.74, 6) is 0.0494. The van der Waals surface area contributed by atoms with E-state index < -0.39 is 10.0 Å². The largest absolute Gasteiger partial charge is 0.339 e. The van der Waals surface area contributed by atoms with Crippen LogP contribution >= 0.6 is 0 Å². The Kier molecular flexibility index (Phi) is 5.56. The first-order chi connectivity index (χ1) is 12.7. The zero-order valence-electron chi connectivity index (χ0n) is 16.1. The fraction of sp³-hybridized carbons (Fsp3) is 0.381. The summed E-state index contributed by atoms with van der Waals surface area (Å²) in [5.41, 5.74) is 4.19. The maximum Gasteiger partial charge on any atom is 0.253 e. The number of aryl methyl sites for hydroxylation is 2. The summed E-state index contributed by atoms with van der Waals surface area (Å²) in [5, 5.41) is 0. The molecule has 1 amide bonds. The van der Waals surface area contributed by atoms with Crippen LogP contribution in [0.25, 0.3) is 0 Å². The van der Waals surface area contributed by atoms with Crippen molar-refractivity contribution >= 4 is 21.6 Å². The van der Waals surface area contributed by atoms with Gasteiger partial charge in [-0.25, -0.2) is 8.42 Å². The van der Waals surface area contributed by atoms with Gasteiger partial charge in [0.2, 0.25) is 10.0 Å². The van der Waals surface area contributed by atoms with Gasteiger partial charge in [0.25, 0.3) is 5.91 Å². The molecular weight excluding hydrogens is 360 g/mol. The van der Waals surface area contributed by atoms with Crippen LogP contribution in [0.4, 0.5) is 5.69 Å². The number of carbonyl (C=O) groups is 1. The molecule has 0 atom stereocenters. The second-order valence-corrected chi connectivity index (χ2v) is 9.22. The Bertz CT molecular complexity index is 910. The first kappa shape index (κ1) is 19.4. The van der Waals surface area contributed by atoms with E-state index in [2.05, 4.69) is 0 Å². The normalized spacial score (nSPS) is 14.4. The van der Waals surface area contributed by atoms with E-state index in [0.717, 1.165) is 42.6 Å². The first-order valence-corrected chi connectivity index (χ1v) is 11.0. The van der Waals surface area contributed by atoms with Crippen molar-refractivity contribution in [3.8, 4) is 0 Å². The van der Waals surface area contributed by atoms with Crippen LogP contribution in [-0.2, 0) is 16.6 Å². The molecule has 0 aromatic heterocycles. The molecule has 3 rings (SSSR count). The van der Waals surface area contributed by atoms with E-state index in [0.29, 0.717) is 11.3 Å². The van der Waals surface area contributed by atoms with Crippen LogP contribution in [0.2, 0.25) is 0 Å². The summed E-state index contributed by atoms with van der Waals surface area (Å²) >= 11 is 0. The van der Waals surface area contributed by atoms with Gasteiger partial charge in [0.15, 0.2) is 0 Å². The maximum atomic E-state index is 12.5. The van der Waals surface area contributed by atoms with Crippen molar-refractivity contribution in [2.45, 2.75) is 33.2 Å². The standard InChI is InChI=1S/C21H26N2O3S/c1-16-12-17(2)14-20(13-16)23(27(3,25)26)15-18-6-8-19(9-7-18)21(24)22-10-4-5-11-22/h6-9,12-14H,4-5,10-11,15H2,1-3H3. The number of sulfonamides is 1. The molecule has 1 heterocycles. The van der Waals surface area contributed by atoms with Crippen LogP contribution in [0.1, 0.15) is 39.9 Å². The van der Waals surface area contributed by atoms with Gasteiger partial charge in [-0.3, -0.25) is 9.10 Å². The number of nitrogens with zero attached hydrogens (tertiary/aromatic N) is 2. The van der Waals surface area contributed by atoms with E-state index >= 15 is 0 Å². The number of likely N-dealkylation sites (tertiary alicyclic amines) is 1. The number of hydrogen-bond donors (Lipinski definition) is 0. The predicted octanol–water partition coefficient (Wildman–Crippen LogP) is 3.51. The Hall–Kier alpha value is -2.34. The van der Waals surface area contributed by atoms with E-state index in [1.165, 1.54) is 10.6 Å². The Morgan fingerprint density at radius 1 is 1.00 bits per heavy atom. The monoisotopic (exact) mass is 386 g/mol. The summed E-state index contributed by atoms with van der Waals surface area (Å²) in [6.07, 6.45) is 3.34. The SMILES string of the molecule is Cc1cc(C)cc(N(Cc2ccc(C(=O)N3CCCC3)cc2)S(C)(=O)=O)c1. The highest BCUT2D eigenvalue weighted by molar-refractivity contribution is 7.92. The first-order valence-electron chi connectivity index (χ1n) is 9.18. The minimum Gasteiger partial charge on any atom is -0.339 e. The van der Waals surface area contributed by atoms with Crippen LogP contribution in [0.3, 0.4) is 0 Å². The van der Waals surface area contributed by atoms with Crippen LogP contribution in [0.5, 0.6) is 0 Å². The third-order valence-corrected chi connectivity index (χ3v) is 5.96. The van der Waals surface area contributed by atoms with Gasteiger partial charge in [-0.15, -0.1) is 0 Å². The average molecular weight is 387 g/mol. The quantitative estimate of drug-likeness (QED) is 0.790. The molecule has 6 heteroatoms. The fourth-order valence-electron chi connectivity index (χ4n) is 3.52. The third kappa shape index (κ3) is 4.69. The summed E-state index contributed by atoms with van der Waals surface area (Å²) in [6.45, 7) is 5.77. The lowest BCUT2D eigenvalue weighted by molar-refractivity contribution is 0.0793. The van der Waals surface area contributed by atoms with Crippen LogP contribution in [0, 0.1) is 13.8 Å². The van der Waals surface area contributed by atoms with Crippen molar-refractivity contribution in [3.63, 3.8) is 0 Å². The molecule has 27 heavy (non-hydrogen) atoms. The topological polar surface area (TPSA) is 57.7 Å². The molecule has 0 saturated carbocycles. The number of anilines is 1. The zero-order chi connectivity index (χ0) is 19.6. The Morgan fingerprint density at radius 3 is 2.07 bits per heavy atom. The van der Waals surface area contributed by atoms with Gasteiger partial charge in [0.1, 0.15) is 0 Å². The Morgan fingerprint density at radius 2 is 1.56 bits per heavy atom. The van der Waals surface area contributed by atoms with Crippen molar-refractivity contribution < 1.29 is 13.2 Å². The smallest absolute Gasteiger partial charge is 0.253 e. The molecule has 1 saturated heterocycles. The van der Waals surface area contributed by atoms with Crippen LogP contribution < -0.4 is 4.31 Å². The summed E-state index contributed by atoms with van der Waals surface area (Å²) in [7, 11) is -3.43. The van der Waals surface area contributed by atoms with Gasteiger partial charge in [0, 0.05) is 18.7 Å². The molecule has 0 aliphatic carbocycles. The lowest BCUT2D eigenvalue weighted by atomic mass is 10.1. The maximum absolute atomic E-state index is 12.5. The van der Waals surface area contributed by atoms with Crippen LogP contribution in [0.15, 0.2) is 42.5 Å².